The molecule has 0 heterocycles. The molecule has 1 unspecified atom stereocenters. The van der Waals surface area contributed by atoms with Crippen molar-refractivity contribution in [1.29, 1.82) is 0 Å². The molecule has 0 saturated heterocycles. The molecule has 1 aromatic rings. The zero-order chi connectivity index (χ0) is 16.1. The summed E-state index contributed by atoms with van der Waals surface area (Å²) in [5.41, 5.74) is 0.975. The van der Waals surface area contributed by atoms with E-state index in [4.69, 9.17) is 13.8 Å². The van der Waals surface area contributed by atoms with Crippen molar-refractivity contribution in [2.24, 2.45) is 0 Å². The van der Waals surface area contributed by atoms with Crippen molar-refractivity contribution in [2.45, 2.75) is 13.0 Å². The first-order valence-electron chi connectivity index (χ1n) is 5.52. The fraction of sp³-hybridized carbons (Fsp3) is 0.400. The SMILES string of the molecule is Cc1ccc(OCC(COS(=O)(=O)O)OS(=O)(=O)O)cc1. The summed E-state index contributed by atoms with van der Waals surface area (Å²) in [4.78, 5) is 0. The van der Waals surface area contributed by atoms with Gasteiger partial charge in [0.05, 0.1) is 6.61 Å². The van der Waals surface area contributed by atoms with E-state index in [-0.39, 0.29) is 0 Å². The molecular formula is C10H14O9S2. The van der Waals surface area contributed by atoms with Crippen LogP contribution in [0.3, 0.4) is 0 Å². The molecule has 0 spiro atoms. The van der Waals surface area contributed by atoms with Crippen molar-refractivity contribution < 1.29 is 39.0 Å². The van der Waals surface area contributed by atoms with E-state index < -0.39 is 40.1 Å². The third kappa shape index (κ3) is 8.60. The summed E-state index contributed by atoms with van der Waals surface area (Å²) in [6, 6.07) is 6.68. The van der Waals surface area contributed by atoms with Crippen LogP contribution in [0.4, 0.5) is 0 Å². The van der Waals surface area contributed by atoms with Gasteiger partial charge in [-0.2, -0.15) is 16.8 Å². The summed E-state index contributed by atoms with van der Waals surface area (Å²) in [6.45, 7) is 0.566. The number of aryl methyl sites for hydroxylation is 1. The molecule has 11 heteroatoms. The van der Waals surface area contributed by atoms with Gasteiger partial charge < -0.3 is 4.74 Å². The number of hydrogen-bond donors (Lipinski definition) is 2. The lowest BCUT2D eigenvalue weighted by atomic mass is 10.2. The second kappa shape index (κ2) is 7.15. The molecule has 0 radical (unpaired) electrons. The largest absolute Gasteiger partial charge is 0.491 e. The van der Waals surface area contributed by atoms with Crippen LogP contribution in [0.25, 0.3) is 0 Å². The van der Waals surface area contributed by atoms with E-state index in [0.29, 0.717) is 5.75 Å². The molecule has 0 aliphatic carbocycles. The maximum absolute atomic E-state index is 10.6. The number of hydrogen-bond acceptors (Lipinski definition) is 7. The Morgan fingerprint density at radius 3 is 2.05 bits per heavy atom. The summed E-state index contributed by atoms with van der Waals surface area (Å²) in [6.07, 6.45) is -1.47. The highest BCUT2D eigenvalue weighted by molar-refractivity contribution is 7.81. The van der Waals surface area contributed by atoms with Gasteiger partial charge in [-0.1, -0.05) is 17.7 Å². The molecule has 0 aliphatic heterocycles. The van der Waals surface area contributed by atoms with Gasteiger partial charge in [0.2, 0.25) is 0 Å². The third-order valence-electron chi connectivity index (χ3n) is 2.12. The molecule has 1 aromatic carbocycles. The summed E-state index contributed by atoms with van der Waals surface area (Å²) in [5, 5.41) is 0. The third-order valence-corrected chi connectivity index (χ3v) is 3.07. The minimum absolute atomic E-state index is 0.372. The molecule has 1 rings (SSSR count). The van der Waals surface area contributed by atoms with Crippen LogP contribution in [0.15, 0.2) is 24.3 Å². The van der Waals surface area contributed by atoms with Crippen LogP contribution in [-0.2, 0) is 29.2 Å². The minimum Gasteiger partial charge on any atom is -0.491 e. The minimum atomic E-state index is -4.84. The van der Waals surface area contributed by atoms with Gasteiger partial charge >= 0.3 is 20.8 Å². The highest BCUT2D eigenvalue weighted by Crippen LogP contribution is 2.13. The average Bonchev–Trinajstić information content (AvgIpc) is 2.32. The monoisotopic (exact) mass is 342 g/mol. The van der Waals surface area contributed by atoms with E-state index in [9.17, 15) is 16.8 Å². The van der Waals surface area contributed by atoms with Crippen LogP contribution in [0, 0.1) is 6.92 Å². The van der Waals surface area contributed by atoms with Crippen molar-refractivity contribution in [3.8, 4) is 5.75 Å². The van der Waals surface area contributed by atoms with E-state index in [1.165, 1.54) is 0 Å². The van der Waals surface area contributed by atoms with Crippen LogP contribution >= 0.6 is 0 Å². The normalized spacial score (nSPS) is 13.9. The second-order valence-electron chi connectivity index (χ2n) is 3.98. The van der Waals surface area contributed by atoms with Crippen molar-refractivity contribution in [3.63, 3.8) is 0 Å². The van der Waals surface area contributed by atoms with Crippen molar-refractivity contribution in [2.75, 3.05) is 13.2 Å². The molecule has 1 atom stereocenters. The van der Waals surface area contributed by atoms with Crippen LogP contribution in [0.1, 0.15) is 5.56 Å². The van der Waals surface area contributed by atoms with E-state index in [2.05, 4.69) is 8.37 Å². The Labute approximate surface area is 122 Å². The van der Waals surface area contributed by atoms with Crippen LogP contribution in [-0.4, -0.2) is 45.3 Å². The van der Waals surface area contributed by atoms with Crippen LogP contribution in [0.5, 0.6) is 5.75 Å². The molecule has 0 aliphatic rings. The van der Waals surface area contributed by atoms with Gasteiger partial charge in [0, 0.05) is 0 Å². The lowest BCUT2D eigenvalue weighted by Crippen LogP contribution is -2.30. The first-order valence-corrected chi connectivity index (χ1v) is 8.25. The Hall–Kier alpha value is -1.24. The predicted octanol–water partition coefficient (Wildman–Crippen LogP) is 0.381. The standard InChI is InChI=1S/C10H14O9S2/c1-8-2-4-9(5-3-8)17-6-10(19-21(14,15)16)7-18-20(11,12)13/h2-5,10H,6-7H2,1H3,(H,11,12,13)(H,14,15,16). The zero-order valence-corrected chi connectivity index (χ0v) is 12.5. The smallest absolute Gasteiger partial charge is 0.397 e. The van der Waals surface area contributed by atoms with Crippen molar-refractivity contribution in [3.05, 3.63) is 29.8 Å². The Morgan fingerprint density at radius 1 is 1.00 bits per heavy atom. The van der Waals surface area contributed by atoms with Gasteiger partial charge in [0.25, 0.3) is 0 Å². The molecule has 0 aromatic heterocycles. The summed E-state index contributed by atoms with van der Waals surface area (Å²) >= 11 is 0. The van der Waals surface area contributed by atoms with Gasteiger partial charge in [-0.05, 0) is 19.1 Å². The Balaban J connectivity index is 2.65. The average molecular weight is 342 g/mol. The molecule has 0 bridgehead atoms. The highest BCUT2D eigenvalue weighted by Gasteiger charge is 2.21. The molecule has 21 heavy (non-hydrogen) atoms. The highest BCUT2D eigenvalue weighted by atomic mass is 32.3. The molecule has 9 nitrogen and oxygen atoms in total. The fourth-order valence-electron chi connectivity index (χ4n) is 1.26. The lowest BCUT2D eigenvalue weighted by molar-refractivity contribution is 0.0733. The number of ether oxygens (including phenoxy) is 1. The van der Waals surface area contributed by atoms with E-state index >= 15 is 0 Å². The molecule has 0 amide bonds. The van der Waals surface area contributed by atoms with E-state index in [1.54, 1.807) is 24.3 Å². The van der Waals surface area contributed by atoms with Crippen molar-refractivity contribution in [1.82, 2.24) is 0 Å². The molecular weight excluding hydrogens is 328 g/mol. The first-order chi connectivity index (χ1) is 9.55. The van der Waals surface area contributed by atoms with Crippen LogP contribution in [0.2, 0.25) is 0 Å². The van der Waals surface area contributed by atoms with Gasteiger partial charge in [-0.25, -0.2) is 8.37 Å². The topological polar surface area (TPSA) is 136 Å². The predicted molar refractivity (Wildman–Crippen MR) is 70.6 cm³/mol. The fourth-order valence-corrected chi connectivity index (χ4v) is 2.04. The van der Waals surface area contributed by atoms with E-state index in [1.807, 2.05) is 6.92 Å². The Kier molecular flexibility index (Phi) is 6.07. The van der Waals surface area contributed by atoms with Gasteiger partial charge in [0.1, 0.15) is 18.5 Å². The maximum atomic E-state index is 10.6. The van der Waals surface area contributed by atoms with Gasteiger partial charge in [0.15, 0.2) is 0 Å². The zero-order valence-electron chi connectivity index (χ0n) is 10.9. The molecule has 2 N–H and O–H groups in total. The lowest BCUT2D eigenvalue weighted by Gasteiger charge is -2.15. The Bertz CT molecular complexity index is 648. The molecule has 0 saturated carbocycles. The summed E-state index contributed by atoms with van der Waals surface area (Å²) < 4.78 is 72.5. The molecule has 120 valence electrons. The van der Waals surface area contributed by atoms with Crippen LogP contribution < -0.4 is 4.74 Å². The quantitative estimate of drug-likeness (QED) is 0.642. The van der Waals surface area contributed by atoms with Gasteiger partial charge in [-0.15, -0.1) is 0 Å². The summed E-state index contributed by atoms with van der Waals surface area (Å²) in [7, 11) is -9.61. The second-order valence-corrected chi connectivity index (χ2v) is 6.12. The van der Waals surface area contributed by atoms with Gasteiger partial charge in [-0.3, -0.25) is 9.11 Å². The summed E-state index contributed by atoms with van der Waals surface area (Å²) in [5.74, 6) is 0.372. The Morgan fingerprint density at radius 2 is 1.57 bits per heavy atom. The maximum Gasteiger partial charge on any atom is 0.397 e. The number of benzene rings is 1. The first kappa shape index (κ1) is 17.8. The number of rotatable bonds is 8. The van der Waals surface area contributed by atoms with Crippen molar-refractivity contribution >= 4 is 20.8 Å². The molecule has 0 fully saturated rings. The van der Waals surface area contributed by atoms with E-state index in [0.717, 1.165) is 5.56 Å².